The molecule has 0 radical (unpaired) electrons. The van der Waals surface area contributed by atoms with Gasteiger partial charge in [-0.2, -0.15) is 0 Å². The monoisotopic (exact) mass is 441 g/mol. The molecule has 1 aromatic heterocycles. The molecule has 1 aliphatic heterocycles. The molecular weight excluding hydrogens is 410 g/mol. The van der Waals surface area contributed by atoms with Crippen LogP contribution >= 0.6 is 0 Å². The molecule has 0 saturated carbocycles. The van der Waals surface area contributed by atoms with Crippen molar-refractivity contribution in [1.29, 1.82) is 0 Å². The van der Waals surface area contributed by atoms with Gasteiger partial charge < -0.3 is 16.4 Å². The van der Waals surface area contributed by atoms with E-state index in [1.807, 2.05) is 36.4 Å². The quantitative estimate of drug-likeness (QED) is 0.546. The van der Waals surface area contributed by atoms with E-state index in [2.05, 4.69) is 41.4 Å². The zero-order chi connectivity index (χ0) is 23.2. The van der Waals surface area contributed by atoms with Gasteiger partial charge in [0.15, 0.2) is 0 Å². The molecule has 1 atom stereocenters. The van der Waals surface area contributed by atoms with Crippen LogP contribution in [0.1, 0.15) is 55.5 Å². The van der Waals surface area contributed by atoms with E-state index in [-0.39, 0.29) is 23.3 Å². The Balaban J connectivity index is 1.37. The number of benzene rings is 2. The predicted molar refractivity (Wildman–Crippen MR) is 133 cm³/mol. The second-order valence-electron chi connectivity index (χ2n) is 9.96. The summed E-state index contributed by atoms with van der Waals surface area (Å²) in [6.07, 6.45) is 5.82. The van der Waals surface area contributed by atoms with Crippen molar-refractivity contribution < 1.29 is 4.79 Å². The van der Waals surface area contributed by atoms with Crippen LogP contribution in [0.3, 0.4) is 0 Å². The summed E-state index contributed by atoms with van der Waals surface area (Å²) in [5, 5.41) is 7.79. The largest absolute Gasteiger partial charge is 0.388 e. The van der Waals surface area contributed by atoms with Gasteiger partial charge in [-0.05, 0) is 78.1 Å². The summed E-state index contributed by atoms with van der Waals surface area (Å²) in [5.74, 6) is 0.250. The lowest BCUT2D eigenvalue weighted by Gasteiger charge is -2.40. The summed E-state index contributed by atoms with van der Waals surface area (Å²) in [4.78, 5) is 21.5. The van der Waals surface area contributed by atoms with Crippen molar-refractivity contribution in [2.45, 2.75) is 52.5 Å². The number of fused-ring (bicyclic) bond motifs is 1. The molecule has 1 amide bonds. The van der Waals surface area contributed by atoms with Crippen LogP contribution in [0.25, 0.3) is 22.0 Å². The van der Waals surface area contributed by atoms with Crippen LogP contribution in [0.2, 0.25) is 0 Å². The van der Waals surface area contributed by atoms with E-state index in [4.69, 9.17) is 5.73 Å². The number of nitrogens with one attached hydrogen (secondary N) is 2. The molecule has 3 aromatic rings. The number of amides is 1. The first-order chi connectivity index (χ1) is 15.8. The van der Waals surface area contributed by atoms with Crippen molar-refractivity contribution in [3.8, 4) is 11.1 Å². The molecular formula is C27H31N5O. The van der Waals surface area contributed by atoms with E-state index in [9.17, 15) is 4.79 Å². The van der Waals surface area contributed by atoms with Gasteiger partial charge in [-0.3, -0.25) is 4.79 Å². The fourth-order valence-electron chi connectivity index (χ4n) is 5.23. The minimum absolute atomic E-state index is 0.0164. The molecule has 2 aromatic carbocycles. The summed E-state index contributed by atoms with van der Waals surface area (Å²) in [5.41, 5.74) is 13.5. The lowest BCUT2D eigenvalue weighted by Crippen LogP contribution is -2.43. The third-order valence-corrected chi connectivity index (χ3v) is 7.21. The second kappa shape index (κ2) is 8.18. The molecule has 170 valence electrons. The highest BCUT2D eigenvalue weighted by Crippen LogP contribution is 2.41. The minimum atomic E-state index is -0.0164. The van der Waals surface area contributed by atoms with Crippen LogP contribution in [-0.2, 0) is 0 Å². The number of aryl methyl sites for hydroxylation is 1. The van der Waals surface area contributed by atoms with E-state index in [0.717, 1.165) is 53.4 Å². The highest BCUT2D eigenvalue weighted by atomic mass is 16.1. The zero-order valence-corrected chi connectivity index (χ0v) is 19.5. The maximum atomic E-state index is 13.2. The highest BCUT2D eigenvalue weighted by Gasteiger charge is 2.34. The normalized spacial score (nSPS) is 19.7. The fourth-order valence-corrected chi connectivity index (χ4v) is 5.23. The van der Waals surface area contributed by atoms with E-state index in [1.54, 1.807) is 11.8 Å². The average Bonchev–Trinajstić information content (AvgIpc) is 2.78. The summed E-state index contributed by atoms with van der Waals surface area (Å²) in [6, 6.07) is 12.1. The van der Waals surface area contributed by atoms with Crippen molar-refractivity contribution in [3.05, 3.63) is 65.0 Å². The molecule has 5 rings (SSSR count). The van der Waals surface area contributed by atoms with Gasteiger partial charge in [0.05, 0.1) is 5.52 Å². The summed E-state index contributed by atoms with van der Waals surface area (Å²) in [6.45, 7) is 7.75. The standard InChI is InChI=1S/C27H31N5O/c1-16-4-5-18(13-21(16)17-6-9-23-19(12-17)15-30-26(28)32-23)25(33)31-20-7-8-22-24(14-20)29-11-10-27(22,2)3/h4-6,9,12-13,15,20,29H,7-8,10-11,14H2,1-3H3,(H,31,33)(H2,28,30,32). The number of rotatable bonds is 3. The number of nitrogen functional groups attached to an aromatic ring is 1. The van der Waals surface area contributed by atoms with Crippen molar-refractivity contribution in [1.82, 2.24) is 20.6 Å². The summed E-state index contributed by atoms with van der Waals surface area (Å²) < 4.78 is 0. The van der Waals surface area contributed by atoms with Gasteiger partial charge >= 0.3 is 0 Å². The van der Waals surface area contributed by atoms with Crippen molar-refractivity contribution in [2.24, 2.45) is 5.41 Å². The van der Waals surface area contributed by atoms with E-state index in [1.165, 1.54) is 12.1 Å². The molecule has 0 bridgehead atoms. The number of carbonyl (C=O) groups is 1. The third kappa shape index (κ3) is 4.17. The summed E-state index contributed by atoms with van der Waals surface area (Å²) in [7, 11) is 0. The van der Waals surface area contributed by atoms with Gasteiger partial charge in [0.1, 0.15) is 0 Å². The lowest BCUT2D eigenvalue weighted by atomic mass is 9.72. The average molecular weight is 442 g/mol. The molecule has 0 saturated heterocycles. The third-order valence-electron chi connectivity index (χ3n) is 7.21. The van der Waals surface area contributed by atoms with Crippen LogP contribution in [-0.4, -0.2) is 28.5 Å². The zero-order valence-electron chi connectivity index (χ0n) is 19.5. The smallest absolute Gasteiger partial charge is 0.251 e. The molecule has 6 nitrogen and oxygen atoms in total. The Labute approximate surface area is 194 Å². The van der Waals surface area contributed by atoms with Crippen LogP contribution in [0, 0.1) is 12.3 Å². The van der Waals surface area contributed by atoms with Crippen LogP contribution in [0.5, 0.6) is 0 Å². The number of hydrogen-bond donors (Lipinski definition) is 3. The Bertz CT molecular complexity index is 1280. The maximum absolute atomic E-state index is 13.2. The van der Waals surface area contributed by atoms with E-state index < -0.39 is 0 Å². The van der Waals surface area contributed by atoms with Crippen molar-refractivity contribution in [2.75, 3.05) is 12.3 Å². The number of carbonyl (C=O) groups excluding carboxylic acids is 1. The first kappa shape index (κ1) is 21.4. The minimum Gasteiger partial charge on any atom is -0.388 e. The van der Waals surface area contributed by atoms with Gasteiger partial charge in [-0.1, -0.05) is 26.0 Å². The Morgan fingerprint density at radius 3 is 2.91 bits per heavy atom. The number of allylic oxidation sites excluding steroid dienone is 1. The van der Waals surface area contributed by atoms with Crippen LogP contribution in [0.15, 0.2) is 53.9 Å². The first-order valence-corrected chi connectivity index (χ1v) is 11.7. The Morgan fingerprint density at radius 1 is 1.21 bits per heavy atom. The SMILES string of the molecule is Cc1ccc(C(=O)NC2CCC3=C(C2)NCCC3(C)C)cc1-c1ccc2nc(N)ncc2c1. The Morgan fingerprint density at radius 2 is 2.06 bits per heavy atom. The molecule has 0 spiro atoms. The maximum Gasteiger partial charge on any atom is 0.251 e. The number of nitrogens with two attached hydrogens (primary N) is 1. The second-order valence-corrected chi connectivity index (χ2v) is 9.96. The van der Waals surface area contributed by atoms with Crippen molar-refractivity contribution >= 4 is 22.8 Å². The fraction of sp³-hybridized carbons (Fsp3) is 0.370. The molecule has 4 N–H and O–H groups in total. The molecule has 2 heterocycles. The molecule has 1 unspecified atom stereocenters. The number of anilines is 1. The highest BCUT2D eigenvalue weighted by molar-refractivity contribution is 5.96. The molecule has 2 aliphatic rings. The Hall–Kier alpha value is -3.41. The van der Waals surface area contributed by atoms with Gasteiger partial charge in [0, 0.05) is 41.9 Å². The lowest BCUT2D eigenvalue weighted by molar-refractivity contribution is 0.0932. The van der Waals surface area contributed by atoms with Gasteiger partial charge in [0.25, 0.3) is 5.91 Å². The molecule has 0 fully saturated rings. The van der Waals surface area contributed by atoms with E-state index >= 15 is 0 Å². The van der Waals surface area contributed by atoms with Crippen LogP contribution in [0.4, 0.5) is 5.95 Å². The number of nitrogens with zero attached hydrogens (tertiary/aromatic N) is 2. The van der Waals surface area contributed by atoms with Gasteiger partial charge in [0.2, 0.25) is 5.95 Å². The summed E-state index contributed by atoms with van der Waals surface area (Å²) >= 11 is 0. The topological polar surface area (TPSA) is 92.9 Å². The molecule has 33 heavy (non-hydrogen) atoms. The number of hydrogen-bond acceptors (Lipinski definition) is 5. The predicted octanol–water partition coefficient (Wildman–Crippen LogP) is 4.74. The van der Waals surface area contributed by atoms with Gasteiger partial charge in [-0.25, -0.2) is 9.97 Å². The van der Waals surface area contributed by atoms with E-state index in [0.29, 0.717) is 5.56 Å². The van der Waals surface area contributed by atoms with Crippen LogP contribution < -0.4 is 16.4 Å². The van der Waals surface area contributed by atoms with Gasteiger partial charge in [-0.15, -0.1) is 0 Å². The van der Waals surface area contributed by atoms with Crippen molar-refractivity contribution in [3.63, 3.8) is 0 Å². The Kier molecular flexibility index (Phi) is 5.31. The number of aromatic nitrogens is 2. The molecule has 1 aliphatic carbocycles. The first-order valence-electron chi connectivity index (χ1n) is 11.7. The molecule has 6 heteroatoms.